The quantitative estimate of drug-likeness (QED) is 0.508. The van der Waals surface area contributed by atoms with E-state index in [4.69, 9.17) is 17.3 Å². The number of amidine groups is 1. The molecular formula is C9H10ClIN2. The fourth-order valence-electron chi connectivity index (χ4n) is 0.806. The molecule has 0 saturated carbocycles. The van der Waals surface area contributed by atoms with Crippen LogP contribution in [0.15, 0.2) is 23.2 Å². The highest BCUT2D eigenvalue weighted by Gasteiger charge is 1.98. The number of hydrogen-bond donors (Lipinski definition) is 1. The molecule has 0 unspecified atom stereocenters. The summed E-state index contributed by atoms with van der Waals surface area (Å²) in [5, 5.41) is 0.721. The normalized spacial score (nSPS) is 11.8. The highest BCUT2D eigenvalue weighted by atomic mass is 127. The Hall–Kier alpha value is -0.290. The minimum absolute atomic E-state index is 0.639. The zero-order valence-electron chi connectivity index (χ0n) is 7.22. The Morgan fingerprint density at radius 3 is 2.85 bits per heavy atom. The number of nitrogens with zero attached hydrogens (tertiary/aromatic N) is 1. The maximum Gasteiger partial charge on any atom is 0.0994 e. The van der Waals surface area contributed by atoms with Gasteiger partial charge >= 0.3 is 0 Å². The maximum atomic E-state index is 5.80. The molecule has 0 atom stereocenters. The second kappa shape index (κ2) is 4.81. The lowest BCUT2D eigenvalue weighted by Gasteiger charge is -2.00. The molecule has 0 spiro atoms. The van der Waals surface area contributed by atoms with Gasteiger partial charge in [0.05, 0.1) is 11.5 Å². The van der Waals surface area contributed by atoms with Crippen LogP contribution in [-0.4, -0.2) is 5.84 Å². The lowest BCUT2D eigenvalue weighted by atomic mass is 10.3. The van der Waals surface area contributed by atoms with Crippen LogP contribution in [0.1, 0.15) is 13.3 Å². The minimum atomic E-state index is 0.639. The molecule has 0 heterocycles. The predicted octanol–water partition coefficient (Wildman–Crippen LogP) is 3.34. The molecule has 0 aliphatic rings. The molecule has 1 aromatic carbocycles. The van der Waals surface area contributed by atoms with Gasteiger partial charge in [-0.3, -0.25) is 0 Å². The Bertz CT molecular complexity index is 336. The second-order valence-corrected chi connectivity index (χ2v) is 4.15. The minimum Gasteiger partial charge on any atom is -0.387 e. The van der Waals surface area contributed by atoms with Gasteiger partial charge in [-0.1, -0.05) is 18.5 Å². The van der Waals surface area contributed by atoms with Crippen molar-refractivity contribution in [2.24, 2.45) is 10.7 Å². The Morgan fingerprint density at radius 2 is 2.31 bits per heavy atom. The van der Waals surface area contributed by atoms with E-state index < -0.39 is 0 Å². The van der Waals surface area contributed by atoms with Crippen molar-refractivity contribution in [1.29, 1.82) is 0 Å². The Labute approximate surface area is 96.3 Å². The van der Waals surface area contributed by atoms with E-state index in [1.807, 2.05) is 25.1 Å². The molecule has 0 aliphatic heterocycles. The van der Waals surface area contributed by atoms with Crippen molar-refractivity contribution in [3.63, 3.8) is 0 Å². The van der Waals surface area contributed by atoms with E-state index in [1.54, 1.807) is 0 Å². The van der Waals surface area contributed by atoms with Crippen LogP contribution in [0, 0.1) is 3.57 Å². The summed E-state index contributed by atoms with van der Waals surface area (Å²) in [6.07, 6.45) is 0.763. The van der Waals surface area contributed by atoms with Gasteiger partial charge in [-0.2, -0.15) is 0 Å². The van der Waals surface area contributed by atoms with Crippen molar-refractivity contribution in [3.8, 4) is 0 Å². The Kier molecular flexibility index (Phi) is 3.99. The van der Waals surface area contributed by atoms with Crippen molar-refractivity contribution in [2.75, 3.05) is 0 Å². The van der Waals surface area contributed by atoms with Gasteiger partial charge in [-0.05, 0) is 40.8 Å². The second-order valence-electron chi connectivity index (χ2n) is 2.55. The summed E-state index contributed by atoms with van der Waals surface area (Å²) in [7, 11) is 0. The summed E-state index contributed by atoms with van der Waals surface area (Å²) in [6.45, 7) is 1.97. The number of halogens is 2. The highest BCUT2D eigenvalue weighted by molar-refractivity contribution is 14.1. The molecule has 0 fully saturated rings. The van der Waals surface area contributed by atoms with E-state index in [2.05, 4.69) is 27.6 Å². The van der Waals surface area contributed by atoms with E-state index in [0.717, 1.165) is 20.7 Å². The van der Waals surface area contributed by atoms with Crippen molar-refractivity contribution < 1.29 is 0 Å². The van der Waals surface area contributed by atoms with E-state index >= 15 is 0 Å². The molecule has 0 saturated heterocycles. The molecule has 4 heteroatoms. The third-order valence-electron chi connectivity index (χ3n) is 1.54. The molecule has 1 aromatic rings. The molecule has 0 aliphatic carbocycles. The van der Waals surface area contributed by atoms with E-state index in [0.29, 0.717) is 5.84 Å². The first-order valence-corrected chi connectivity index (χ1v) is 5.37. The molecule has 70 valence electrons. The highest BCUT2D eigenvalue weighted by Crippen LogP contribution is 2.24. The lowest BCUT2D eigenvalue weighted by molar-refractivity contribution is 1.23. The Balaban J connectivity index is 3.03. The summed E-state index contributed by atoms with van der Waals surface area (Å²) in [5.41, 5.74) is 6.50. The number of hydrogen-bond acceptors (Lipinski definition) is 1. The number of rotatable bonds is 2. The number of aliphatic imine (C=N–C) groups is 1. The predicted molar refractivity (Wildman–Crippen MR) is 65.7 cm³/mol. The number of benzene rings is 1. The summed E-state index contributed by atoms with van der Waals surface area (Å²) < 4.78 is 1.02. The summed E-state index contributed by atoms with van der Waals surface area (Å²) in [5.74, 6) is 0.639. The molecule has 0 amide bonds. The van der Waals surface area contributed by atoms with E-state index in [1.165, 1.54) is 0 Å². The van der Waals surface area contributed by atoms with Crippen LogP contribution in [-0.2, 0) is 0 Å². The SMILES string of the molecule is CCC(N)=Nc1ccc(Cl)cc1I. The van der Waals surface area contributed by atoms with E-state index in [-0.39, 0.29) is 0 Å². The fourth-order valence-corrected chi connectivity index (χ4v) is 1.80. The molecular weight excluding hydrogens is 298 g/mol. The van der Waals surface area contributed by atoms with Gasteiger partial charge in [0.1, 0.15) is 0 Å². The summed E-state index contributed by atoms with van der Waals surface area (Å²) in [4.78, 5) is 4.25. The van der Waals surface area contributed by atoms with Gasteiger partial charge in [0.25, 0.3) is 0 Å². The van der Waals surface area contributed by atoms with Crippen LogP contribution in [0.5, 0.6) is 0 Å². The number of nitrogens with two attached hydrogens (primary N) is 1. The third-order valence-corrected chi connectivity index (χ3v) is 2.64. The van der Waals surface area contributed by atoms with Crippen LogP contribution in [0.3, 0.4) is 0 Å². The Morgan fingerprint density at radius 1 is 1.62 bits per heavy atom. The smallest absolute Gasteiger partial charge is 0.0994 e. The van der Waals surface area contributed by atoms with Crippen LogP contribution in [0.4, 0.5) is 5.69 Å². The van der Waals surface area contributed by atoms with Gasteiger partial charge in [0.2, 0.25) is 0 Å². The van der Waals surface area contributed by atoms with Crippen molar-refractivity contribution >= 4 is 45.7 Å². The molecule has 2 nitrogen and oxygen atoms in total. The molecule has 0 radical (unpaired) electrons. The van der Waals surface area contributed by atoms with Crippen LogP contribution in [0.25, 0.3) is 0 Å². The van der Waals surface area contributed by atoms with Crippen LogP contribution < -0.4 is 5.73 Å². The standard InChI is InChI=1S/C9H10ClIN2/c1-2-9(12)13-8-4-3-6(10)5-7(8)11/h3-5H,2H2,1H3,(H2,12,13). The molecule has 1 rings (SSSR count). The summed E-state index contributed by atoms with van der Waals surface area (Å²) in [6, 6.07) is 5.54. The van der Waals surface area contributed by atoms with E-state index in [9.17, 15) is 0 Å². The van der Waals surface area contributed by atoms with Gasteiger partial charge in [0.15, 0.2) is 0 Å². The summed E-state index contributed by atoms with van der Waals surface area (Å²) >= 11 is 7.99. The first-order valence-electron chi connectivity index (χ1n) is 3.91. The van der Waals surface area contributed by atoms with Crippen LogP contribution in [0.2, 0.25) is 5.02 Å². The molecule has 13 heavy (non-hydrogen) atoms. The average Bonchev–Trinajstić information content (AvgIpc) is 2.09. The van der Waals surface area contributed by atoms with Crippen molar-refractivity contribution in [2.45, 2.75) is 13.3 Å². The maximum absolute atomic E-state index is 5.80. The lowest BCUT2D eigenvalue weighted by Crippen LogP contribution is -2.08. The van der Waals surface area contributed by atoms with Crippen molar-refractivity contribution in [1.82, 2.24) is 0 Å². The molecule has 2 N–H and O–H groups in total. The molecule has 0 bridgehead atoms. The largest absolute Gasteiger partial charge is 0.387 e. The first-order chi connectivity index (χ1) is 6.13. The van der Waals surface area contributed by atoms with Gasteiger partial charge < -0.3 is 5.73 Å². The zero-order valence-corrected chi connectivity index (χ0v) is 10.1. The topological polar surface area (TPSA) is 38.4 Å². The van der Waals surface area contributed by atoms with Gasteiger partial charge in [-0.25, -0.2) is 4.99 Å². The first kappa shape index (κ1) is 10.8. The molecule has 0 aromatic heterocycles. The third kappa shape index (κ3) is 3.15. The zero-order chi connectivity index (χ0) is 9.84. The average molecular weight is 309 g/mol. The monoisotopic (exact) mass is 308 g/mol. The van der Waals surface area contributed by atoms with Gasteiger partial charge in [0, 0.05) is 15.0 Å². The van der Waals surface area contributed by atoms with Crippen molar-refractivity contribution in [3.05, 3.63) is 26.8 Å². The van der Waals surface area contributed by atoms with Crippen LogP contribution >= 0.6 is 34.2 Å². The van der Waals surface area contributed by atoms with Gasteiger partial charge in [-0.15, -0.1) is 0 Å². The fraction of sp³-hybridized carbons (Fsp3) is 0.222.